The highest BCUT2D eigenvalue weighted by atomic mass is 35.5. The molecule has 2 atom stereocenters. The molecule has 1 heterocycles. The van der Waals surface area contributed by atoms with E-state index in [1.807, 2.05) is 12.1 Å². The molecule has 3 nitrogen and oxygen atoms in total. The number of likely N-dealkylation sites (tertiary alicyclic amines) is 1. The van der Waals surface area contributed by atoms with Crippen molar-refractivity contribution in [3.05, 3.63) is 27.7 Å². The van der Waals surface area contributed by atoms with Gasteiger partial charge in [-0.3, -0.25) is 0 Å². The molecule has 2 rings (SSSR count). The first kappa shape index (κ1) is 18.9. The molecule has 0 radical (unpaired) electrons. The lowest BCUT2D eigenvalue weighted by molar-refractivity contribution is 0.0290. The zero-order valence-corrected chi connectivity index (χ0v) is 15.7. The van der Waals surface area contributed by atoms with Crippen LogP contribution in [0.15, 0.2) is 12.1 Å². The number of aliphatic hydroxyl groups excluding tert-OH is 1. The third kappa shape index (κ3) is 5.25. The minimum Gasteiger partial charge on any atom is -0.490 e. The third-order valence-electron chi connectivity index (χ3n) is 4.34. The van der Waals surface area contributed by atoms with Gasteiger partial charge in [-0.15, -0.1) is 0 Å². The lowest BCUT2D eigenvalue weighted by Gasteiger charge is -2.35. The van der Waals surface area contributed by atoms with Crippen LogP contribution in [-0.4, -0.2) is 42.4 Å². The first-order valence-corrected chi connectivity index (χ1v) is 9.17. The van der Waals surface area contributed by atoms with Crippen LogP contribution in [0, 0.1) is 11.8 Å². The molecule has 1 saturated heterocycles. The molecule has 23 heavy (non-hydrogen) atoms. The van der Waals surface area contributed by atoms with E-state index in [-0.39, 0.29) is 12.0 Å². The molecule has 0 bridgehead atoms. The zero-order valence-electron chi connectivity index (χ0n) is 14.2. The first-order chi connectivity index (χ1) is 10.9. The summed E-state index contributed by atoms with van der Waals surface area (Å²) in [5, 5.41) is 11.4. The molecule has 0 aliphatic carbocycles. The fourth-order valence-corrected chi connectivity index (χ4v) is 3.65. The fraction of sp³-hybridized carbons (Fsp3) is 0.667. The van der Waals surface area contributed by atoms with E-state index >= 15 is 0 Å². The van der Waals surface area contributed by atoms with E-state index in [9.17, 15) is 5.11 Å². The maximum absolute atomic E-state index is 10.3. The number of halogens is 2. The second-order valence-electron chi connectivity index (χ2n) is 6.81. The Morgan fingerprint density at radius 2 is 1.96 bits per heavy atom. The van der Waals surface area contributed by atoms with Crippen molar-refractivity contribution in [2.45, 2.75) is 39.7 Å². The van der Waals surface area contributed by atoms with Gasteiger partial charge < -0.3 is 14.7 Å². The van der Waals surface area contributed by atoms with Crippen LogP contribution in [0.1, 0.15) is 32.8 Å². The topological polar surface area (TPSA) is 32.7 Å². The highest BCUT2D eigenvalue weighted by molar-refractivity contribution is 6.37. The van der Waals surface area contributed by atoms with Gasteiger partial charge in [0.2, 0.25) is 0 Å². The van der Waals surface area contributed by atoms with Crippen molar-refractivity contribution in [2.75, 3.05) is 26.2 Å². The quantitative estimate of drug-likeness (QED) is 0.822. The van der Waals surface area contributed by atoms with Gasteiger partial charge in [0.05, 0.1) is 22.8 Å². The standard InChI is InChI=1S/C18H27Cl2NO2/c1-4-21-6-5-17(22)14(10-21)7-13-8-15(19)18(16(20)9-13)23-11-12(2)3/h8-9,12,14,17,22H,4-7,10-11H2,1-3H3. The van der Waals surface area contributed by atoms with Gasteiger partial charge in [-0.2, -0.15) is 0 Å². The van der Waals surface area contributed by atoms with Gasteiger partial charge in [-0.05, 0) is 43.0 Å². The monoisotopic (exact) mass is 359 g/mol. The van der Waals surface area contributed by atoms with Crippen LogP contribution in [0.25, 0.3) is 0 Å². The molecule has 5 heteroatoms. The SMILES string of the molecule is CCN1CCC(O)C(Cc2cc(Cl)c(OCC(C)C)c(Cl)c2)C1. The third-order valence-corrected chi connectivity index (χ3v) is 4.90. The minimum absolute atomic E-state index is 0.221. The van der Waals surface area contributed by atoms with Crippen molar-refractivity contribution < 1.29 is 9.84 Å². The summed E-state index contributed by atoms with van der Waals surface area (Å²) in [5.74, 6) is 1.20. The van der Waals surface area contributed by atoms with E-state index in [0.717, 1.165) is 38.0 Å². The van der Waals surface area contributed by atoms with Crippen LogP contribution in [0.2, 0.25) is 10.0 Å². The summed E-state index contributed by atoms with van der Waals surface area (Å²) in [6, 6.07) is 3.83. The fourth-order valence-electron chi connectivity index (χ4n) is 3.00. The molecule has 2 unspecified atom stereocenters. The Labute approximate surface area is 149 Å². The smallest absolute Gasteiger partial charge is 0.156 e. The number of ether oxygens (including phenoxy) is 1. The van der Waals surface area contributed by atoms with Crippen molar-refractivity contribution in [2.24, 2.45) is 11.8 Å². The van der Waals surface area contributed by atoms with Crippen molar-refractivity contribution in [3.63, 3.8) is 0 Å². The molecule has 0 amide bonds. The van der Waals surface area contributed by atoms with Crippen LogP contribution in [0.4, 0.5) is 0 Å². The van der Waals surface area contributed by atoms with Crippen LogP contribution >= 0.6 is 23.2 Å². The molecule has 1 N–H and O–H groups in total. The van der Waals surface area contributed by atoms with Crippen LogP contribution in [0.3, 0.4) is 0 Å². The summed E-state index contributed by atoms with van der Waals surface area (Å²) >= 11 is 12.7. The summed E-state index contributed by atoms with van der Waals surface area (Å²) in [4.78, 5) is 2.38. The number of nitrogens with zero attached hydrogens (tertiary/aromatic N) is 1. The summed E-state index contributed by atoms with van der Waals surface area (Å²) in [6.45, 7) is 9.82. The Kier molecular flexibility index (Phi) is 7.02. The normalized spacial score (nSPS) is 22.6. The van der Waals surface area contributed by atoms with Crippen molar-refractivity contribution in [1.29, 1.82) is 0 Å². The molecule has 1 aliphatic heterocycles. The number of aliphatic hydroxyl groups is 1. The first-order valence-electron chi connectivity index (χ1n) is 8.41. The van der Waals surface area contributed by atoms with E-state index in [4.69, 9.17) is 27.9 Å². The number of rotatable bonds is 6. The van der Waals surface area contributed by atoms with Crippen LogP contribution in [-0.2, 0) is 6.42 Å². The summed E-state index contributed by atoms with van der Waals surface area (Å²) in [7, 11) is 0. The number of hydrogen-bond acceptors (Lipinski definition) is 3. The highest BCUT2D eigenvalue weighted by Crippen LogP contribution is 2.35. The summed E-state index contributed by atoms with van der Waals surface area (Å²) in [6.07, 6.45) is 1.35. The van der Waals surface area contributed by atoms with Crippen molar-refractivity contribution >= 4 is 23.2 Å². The second kappa shape index (κ2) is 8.57. The van der Waals surface area contributed by atoms with Crippen LogP contribution in [0.5, 0.6) is 5.75 Å². The average Bonchev–Trinajstić information content (AvgIpc) is 2.48. The molecular weight excluding hydrogens is 333 g/mol. The Bertz CT molecular complexity index is 499. The van der Waals surface area contributed by atoms with Crippen molar-refractivity contribution in [3.8, 4) is 5.75 Å². The average molecular weight is 360 g/mol. The van der Waals surface area contributed by atoms with Gasteiger partial charge >= 0.3 is 0 Å². The molecular formula is C18H27Cl2NO2. The molecule has 0 spiro atoms. The number of hydrogen-bond donors (Lipinski definition) is 1. The minimum atomic E-state index is -0.257. The maximum Gasteiger partial charge on any atom is 0.156 e. The van der Waals surface area contributed by atoms with Crippen LogP contribution < -0.4 is 4.74 Å². The molecule has 0 aromatic heterocycles. The number of benzene rings is 1. The van der Waals surface area contributed by atoms with Gasteiger partial charge in [0, 0.05) is 19.0 Å². The Morgan fingerprint density at radius 1 is 1.30 bits per heavy atom. The Morgan fingerprint density at radius 3 is 2.52 bits per heavy atom. The van der Waals surface area contributed by atoms with E-state index in [1.165, 1.54) is 0 Å². The Hall–Kier alpha value is -0.480. The molecule has 130 valence electrons. The number of piperidine rings is 1. The van der Waals surface area contributed by atoms with E-state index < -0.39 is 0 Å². The molecule has 1 aromatic rings. The lowest BCUT2D eigenvalue weighted by Crippen LogP contribution is -2.43. The van der Waals surface area contributed by atoms with E-state index in [2.05, 4.69) is 25.7 Å². The van der Waals surface area contributed by atoms with Gasteiger partial charge in [-0.1, -0.05) is 44.0 Å². The molecule has 1 fully saturated rings. The van der Waals surface area contributed by atoms with Gasteiger partial charge in [0.15, 0.2) is 5.75 Å². The largest absolute Gasteiger partial charge is 0.490 e. The highest BCUT2D eigenvalue weighted by Gasteiger charge is 2.27. The molecule has 1 aromatic carbocycles. The zero-order chi connectivity index (χ0) is 17.0. The maximum atomic E-state index is 10.3. The van der Waals surface area contributed by atoms with E-state index in [0.29, 0.717) is 28.3 Å². The lowest BCUT2D eigenvalue weighted by atomic mass is 9.88. The van der Waals surface area contributed by atoms with E-state index in [1.54, 1.807) is 0 Å². The summed E-state index contributed by atoms with van der Waals surface area (Å²) < 4.78 is 5.71. The van der Waals surface area contributed by atoms with Gasteiger partial charge in [0.25, 0.3) is 0 Å². The Balaban J connectivity index is 2.08. The predicted molar refractivity (Wildman–Crippen MR) is 96.7 cm³/mol. The second-order valence-corrected chi connectivity index (χ2v) is 7.62. The molecule has 0 saturated carbocycles. The molecule has 1 aliphatic rings. The van der Waals surface area contributed by atoms with Gasteiger partial charge in [0.1, 0.15) is 0 Å². The predicted octanol–water partition coefficient (Wildman–Crippen LogP) is 4.27. The van der Waals surface area contributed by atoms with Gasteiger partial charge in [-0.25, -0.2) is 0 Å². The van der Waals surface area contributed by atoms with Crippen molar-refractivity contribution in [1.82, 2.24) is 4.90 Å². The summed E-state index contributed by atoms with van der Waals surface area (Å²) in [5.41, 5.74) is 1.05.